The van der Waals surface area contributed by atoms with Crippen molar-refractivity contribution in [3.05, 3.63) is 11.8 Å². The van der Waals surface area contributed by atoms with Gasteiger partial charge in [-0.1, -0.05) is 20.8 Å². The Bertz CT molecular complexity index is 439. The highest BCUT2D eigenvalue weighted by Crippen LogP contribution is 2.42. The van der Waals surface area contributed by atoms with Gasteiger partial charge in [-0.15, -0.1) is 11.8 Å². The van der Waals surface area contributed by atoms with E-state index in [1.165, 1.54) is 30.7 Å². The largest absolute Gasteiger partial charge is 0.313 e. The van der Waals surface area contributed by atoms with Crippen LogP contribution in [0.4, 0.5) is 0 Å². The summed E-state index contributed by atoms with van der Waals surface area (Å²) in [5, 5.41) is 10.2. The Hall–Kier alpha value is -0.480. The van der Waals surface area contributed by atoms with Crippen LogP contribution in [0.5, 0.6) is 0 Å². The van der Waals surface area contributed by atoms with Gasteiger partial charge in [0.05, 0.1) is 10.7 Å². The molecule has 114 valence electrons. The third kappa shape index (κ3) is 4.01. The molecule has 0 aromatic carbocycles. The van der Waals surface area contributed by atoms with Crippen molar-refractivity contribution in [1.82, 2.24) is 15.1 Å². The lowest BCUT2D eigenvalue weighted by Gasteiger charge is -2.40. The highest BCUT2D eigenvalue weighted by molar-refractivity contribution is 7.99. The van der Waals surface area contributed by atoms with Gasteiger partial charge in [-0.05, 0) is 50.6 Å². The summed E-state index contributed by atoms with van der Waals surface area (Å²) in [7, 11) is 2.05. The van der Waals surface area contributed by atoms with Gasteiger partial charge >= 0.3 is 0 Å². The van der Waals surface area contributed by atoms with Gasteiger partial charge in [-0.3, -0.25) is 4.68 Å². The molecular weight excluding hydrogens is 266 g/mol. The molecule has 2 rings (SSSR count). The van der Waals surface area contributed by atoms with Crippen LogP contribution in [0.2, 0.25) is 0 Å². The number of rotatable bonds is 5. The van der Waals surface area contributed by atoms with E-state index in [0.29, 0.717) is 16.7 Å². The van der Waals surface area contributed by atoms with Crippen molar-refractivity contribution < 1.29 is 0 Å². The molecule has 1 saturated carbocycles. The van der Waals surface area contributed by atoms with Crippen LogP contribution in [-0.4, -0.2) is 27.6 Å². The minimum atomic E-state index is 0.468. The van der Waals surface area contributed by atoms with E-state index >= 15 is 0 Å². The number of hydrogen-bond donors (Lipinski definition) is 1. The van der Waals surface area contributed by atoms with Crippen molar-refractivity contribution in [3.63, 3.8) is 0 Å². The Morgan fingerprint density at radius 3 is 2.85 bits per heavy atom. The maximum atomic E-state index is 4.48. The number of hydrogen-bond acceptors (Lipinski definition) is 3. The second-order valence-corrected chi connectivity index (χ2v) is 8.13. The molecule has 1 aliphatic carbocycles. The van der Waals surface area contributed by atoms with Gasteiger partial charge in [-0.25, -0.2) is 0 Å². The monoisotopic (exact) mass is 295 g/mol. The minimum Gasteiger partial charge on any atom is -0.313 e. The van der Waals surface area contributed by atoms with Crippen LogP contribution in [0.15, 0.2) is 11.1 Å². The summed E-state index contributed by atoms with van der Waals surface area (Å²) in [5.41, 5.74) is 1.58. The number of thioether (sulfide) groups is 1. The van der Waals surface area contributed by atoms with E-state index in [2.05, 4.69) is 51.2 Å². The summed E-state index contributed by atoms with van der Waals surface area (Å²) >= 11 is 2.01. The van der Waals surface area contributed by atoms with E-state index in [1.54, 1.807) is 0 Å². The third-order valence-electron chi connectivity index (χ3n) is 4.22. The first-order chi connectivity index (χ1) is 9.41. The normalized spacial score (nSPS) is 25.9. The summed E-state index contributed by atoms with van der Waals surface area (Å²) in [4.78, 5) is 0. The number of aromatic nitrogens is 2. The van der Waals surface area contributed by atoms with Gasteiger partial charge < -0.3 is 5.32 Å². The molecule has 4 heteroatoms. The van der Waals surface area contributed by atoms with Crippen LogP contribution in [-0.2, 0) is 7.05 Å². The Morgan fingerprint density at radius 2 is 2.25 bits per heavy atom. The lowest BCUT2D eigenvalue weighted by atomic mass is 9.75. The maximum Gasteiger partial charge on any atom is 0.0942 e. The average Bonchev–Trinajstić information content (AvgIpc) is 2.66. The zero-order chi connectivity index (χ0) is 14.8. The Morgan fingerprint density at radius 1 is 1.50 bits per heavy atom. The molecule has 1 heterocycles. The summed E-state index contributed by atoms with van der Waals surface area (Å²) in [5.74, 6) is 0. The molecule has 0 spiro atoms. The topological polar surface area (TPSA) is 29.9 Å². The predicted octanol–water partition coefficient (Wildman–Crippen LogP) is 3.77. The van der Waals surface area contributed by atoms with Gasteiger partial charge in [-0.2, -0.15) is 5.10 Å². The van der Waals surface area contributed by atoms with Gasteiger partial charge in [0.1, 0.15) is 0 Å². The second kappa shape index (κ2) is 6.52. The predicted molar refractivity (Wildman–Crippen MR) is 87.3 cm³/mol. The zero-order valence-corrected chi connectivity index (χ0v) is 14.4. The van der Waals surface area contributed by atoms with Crippen molar-refractivity contribution >= 4 is 11.8 Å². The number of nitrogens with one attached hydrogen (secondary N) is 1. The molecule has 0 saturated heterocycles. The Kier molecular flexibility index (Phi) is 5.19. The molecule has 2 unspecified atom stereocenters. The fourth-order valence-corrected chi connectivity index (χ4v) is 4.73. The van der Waals surface area contributed by atoms with Crippen LogP contribution in [0, 0.1) is 12.3 Å². The first-order valence-corrected chi connectivity index (χ1v) is 8.70. The number of nitrogens with zero attached hydrogens (tertiary/aromatic N) is 2. The maximum absolute atomic E-state index is 4.48. The molecule has 0 amide bonds. The zero-order valence-electron chi connectivity index (χ0n) is 13.6. The molecule has 0 radical (unpaired) electrons. The molecule has 1 fully saturated rings. The lowest BCUT2D eigenvalue weighted by Crippen LogP contribution is -2.45. The van der Waals surface area contributed by atoms with Gasteiger partial charge in [0.25, 0.3) is 0 Å². The van der Waals surface area contributed by atoms with Crippen LogP contribution in [0.25, 0.3) is 0 Å². The molecule has 2 atom stereocenters. The molecule has 20 heavy (non-hydrogen) atoms. The fourth-order valence-electron chi connectivity index (χ4n) is 3.06. The standard InChI is InChI=1S/C16H29N3S/c1-6-9-17-13-7-8-16(3,4)11-14(13)20-15-10-12(2)18-19(15)5/h10,13-14,17H,6-9,11H2,1-5H3. The number of aryl methyl sites for hydroxylation is 2. The van der Waals surface area contributed by atoms with Crippen LogP contribution < -0.4 is 5.32 Å². The van der Waals surface area contributed by atoms with Crippen molar-refractivity contribution in [3.8, 4) is 0 Å². The van der Waals surface area contributed by atoms with E-state index in [9.17, 15) is 0 Å². The Balaban J connectivity index is 2.08. The molecule has 1 aromatic heterocycles. The van der Waals surface area contributed by atoms with E-state index in [4.69, 9.17) is 0 Å². The van der Waals surface area contributed by atoms with Gasteiger partial charge in [0, 0.05) is 18.3 Å². The van der Waals surface area contributed by atoms with E-state index in [0.717, 1.165) is 12.2 Å². The summed E-state index contributed by atoms with van der Waals surface area (Å²) in [6.07, 6.45) is 5.11. The molecule has 0 aliphatic heterocycles. The summed E-state index contributed by atoms with van der Waals surface area (Å²) < 4.78 is 2.03. The van der Waals surface area contributed by atoms with Crippen molar-refractivity contribution in [2.24, 2.45) is 12.5 Å². The first-order valence-electron chi connectivity index (χ1n) is 7.82. The van der Waals surface area contributed by atoms with Crippen molar-refractivity contribution in [2.45, 2.75) is 69.7 Å². The molecule has 0 bridgehead atoms. The highest BCUT2D eigenvalue weighted by Gasteiger charge is 2.35. The van der Waals surface area contributed by atoms with E-state index in [-0.39, 0.29) is 0 Å². The molecule has 1 N–H and O–H groups in total. The smallest absolute Gasteiger partial charge is 0.0942 e. The lowest BCUT2D eigenvalue weighted by molar-refractivity contribution is 0.214. The van der Waals surface area contributed by atoms with E-state index in [1.807, 2.05) is 16.4 Å². The van der Waals surface area contributed by atoms with Crippen LogP contribution in [0.1, 0.15) is 52.1 Å². The SMILES string of the molecule is CCCNC1CCC(C)(C)CC1Sc1cc(C)nn1C. The summed E-state index contributed by atoms with van der Waals surface area (Å²) in [6, 6.07) is 2.85. The van der Waals surface area contributed by atoms with Crippen molar-refractivity contribution in [1.29, 1.82) is 0 Å². The van der Waals surface area contributed by atoms with Crippen LogP contribution in [0.3, 0.4) is 0 Å². The molecule has 1 aromatic rings. The van der Waals surface area contributed by atoms with Crippen molar-refractivity contribution in [2.75, 3.05) is 6.54 Å². The van der Waals surface area contributed by atoms with Crippen LogP contribution >= 0.6 is 11.8 Å². The fraction of sp³-hybridized carbons (Fsp3) is 0.812. The quantitative estimate of drug-likeness (QED) is 0.897. The molecular formula is C16H29N3S. The first kappa shape index (κ1) is 15.9. The van der Waals surface area contributed by atoms with Gasteiger partial charge in [0.15, 0.2) is 0 Å². The molecule has 3 nitrogen and oxygen atoms in total. The van der Waals surface area contributed by atoms with E-state index < -0.39 is 0 Å². The molecule has 1 aliphatic rings. The Labute approximate surface area is 127 Å². The minimum absolute atomic E-state index is 0.468. The summed E-state index contributed by atoms with van der Waals surface area (Å²) in [6.45, 7) is 10.3. The second-order valence-electron chi connectivity index (χ2n) is 6.87. The highest BCUT2D eigenvalue weighted by atomic mass is 32.2. The third-order valence-corrected chi connectivity index (χ3v) is 5.64. The van der Waals surface area contributed by atoms with Gasteiger partial charge in [0.2, 0.25) is 0 Å². The average molecular weight is 295 g/mol.